The standard InChI is InChI=1S/C21H35F3N4O.HI/c1-16(2)28(17(3)4)11-7-10-26-20(25-5)27-13-18-8-6-9-19(12-18)14-29-15-21(22,23)24;/h6,8-9,12,16-17H,7,10-11,13-15H2,1-5H3,(H2,25,26,27);1H. The molecule has 0 saturated heterocycles. The van der Waals surface area contributed by atoms with Gasteiger partial charge in [0.1, 0.15) is 6.61 Å². The Morgan fingerprint density at radius 1 is 1.10 bits per heavy atom. The molecule has 0 bridgehead atoms. The van der Waals surface area contributed by atoms with Crippen molar-refractivity contribution in [1.29, 1.82) is 0 Å². The number of alkyl halides is 3. The monoisotopic (exact) mass is 544 g/mol. The average molecular weight is 544 g/mol. The number of benzene rings is 1. The Morgan fingerprint density at radius 3 is 2.30 bits per heavy atom. The summed E-state index contributed by atoms with van der Waals surface area (Å²) < 4.78 is 41.3. The van der Waals surface area contributed by atoms with E-state index in [1.54, 1.807) is 13.1 Å². The van der Waals surface area contributed by atoms with Crippen LogP contribution in [0, 0.1) is 0 Å². The summed E-state index contributed by atoms with van der Waals surface area (Å²) in [7, 11) is 1.71. The van der Waals surface area contributed by atoms with E-state index in [2.05, 4.69) is 48.2 Å². The molecular formula is C21H36F3IN4O. The fraction of sp³-hybridized carbons (Fsp3) is 0.667. The van der Waals surface area contributed by atoms with Gasteiger partial charge >= 0.3 is 6.18 Å². The second-order valence-corrected chi connectivity index (χ2v) is 7.56. The van der Waals surface area contributed by atoms with Crippen LogP contribution in [-0.2, 0) is 17.9 Å². The molecule has 0 atom stereocenters. The summed E-state index contributed by atoms with van der Waals surface area (Å²) in [4.78, 5) is 6.67. The SMILES string of the molecule is CN=C(NCCCN(C(C)C)C(C)C)NCc1cccc(COCC(F)(F)F)c1.I. The Hall–Kier alpha value is -1.07. The number of nitrogens with one attached hydrogen (secondary N) is 2. The maximum absolute atomic E-state index is 12.2. The van der Waals surface area contributed by atoms with Gasteiger partial charge in [-0.25, -0.2) is 0 Å². The second-order valence-electron chi connectivity index (χ2n) is 7.56. The zero-order valence-corrected chi connectivity index (χ0v) is 20.9. The van der Waals surface area contributed by atoms with E-state index in [9.17, 15) is 13.2 Å². The van der Waals surface area contributed by atoms with Crippen LogP contribution >= 0.6 is 24.0 Å². The van der Waals surface area contributed by atoms with Crippen molar-refractivity contribution in [3.05, 3.63) is 35.4 Å². The first-order valence-corrected chi connectivity index (χ1v) is 10.0. The van der Waals surface area contributed by atoms with E-state index in [1.165, 1.54) is 0 Å². The predicted octanol–water partition coefficient (Wildman–Crippen LogP) is 4.56. The van der Waals surface area contributed by atoms with E-state index >= 15 is 0 Å². The van der Waals surface area contributed by atoms with Crippen molar-refractivity contribution in [1.82, 2.24) is 15.5 Å². The third-order valence-electron chi connectivity index (χ3n) is 4.42. The van der Waals surface area contributed by atoms with Crippen molar-refractivity contribution < 1.29 is 17.9 Å². The molecule has 9 heteroatoms. The van der Waals surface area contributed by atoms with Crippen LogP contribution in [0.25, 0.3) is 0 Å². The first-order chi connectivity index (χ1) is 13.6. The molecule has 0 fully saturated rings. The van der Waals surface area contributed by atoms with Gasteiger partial charge in [0.15, 0.2) is 5.96 Å². The lowest BCUT2D eigenvalue weighted by Gasteiger charge is -2.30. The first-order valence-electron chi connectivity index (χ1n) is 10.0. The Balaban J connectivity index is 0.00000841. The third-order valence-corrected chi connectivity index (χ3v) is 4.42. The van der Waals surface area contributed by atoms with Gasteiger partial charge < -0.3 is 15.4 Å². The van der Waals surface area contributed by atoms with Crippen LogP contribution < -0.4 is 10.6 Å². The second kappa shape index (κ2) is 14.9. The van der Waals surface area contributed by atoms with E-state index in [-0.39, 0.29) is 30.6 Å². The molecule has 0 aliphatic rings. The molecule has 1 aromatic rings. The van der Waals surface area contributed by atoms with Gasteiger partial charge in [-0.2, -0.15) is 13.2 Å². The van der Waals surface area contributed by atoms with Gasteiger partial charge in [-0.1, -0.05) is 24.3 Å². The fourth-order valence-electron chi connectivity index (χ4n) is 3.10. The highest BCUT2D eigenvalue weighted by Crippen LogP contribution is 2.16. The van der Waals surface area contributed by atoms with Gasteiger partial charge in [-0.3, -0.25) is 9.89 Å². The minimum atomic E-state index is -4.31. The number of guanidine groups is 1. The van der Waals surface area contributed by atoms with Gasteiger partial charge in [0.05, 0.1) is 6.61 Å². The van der Waals surface area contributed by atoms with Gasteiger partial charge in [-0.05, 0) is 45.2 Å². The molecule has 0 unspecified atom stereocenters. The van der Waals surface area contributed by atoms with Crippen molar-refractivity contribution in [3.63, 3.8) is 0 Å². The zero-order valence-electron chi connectivity index (χ0n) is 18.6. The van der Waals surface area contributed by atoms with Crippen LogP contribution in [0.1, 0.15) is 45.2 Å². The molecular weight excluding hydrogens is 508 g/mol. The first kappa shape index (κ1) is 28.9. The molecule has 0 aliphatic carbocycles. The minimum Gasteiger partial charge on any atom is -0.367 e. The van der Waals surface area contributed by atoms with Crippen LogP contribution in [0.15, 0.2) is 29.3 Å². The molecule has 0 spiro atoms. The fourth-order valence-corrected chi connectivity index (χ4v) is 3.10. The van der Waals surface area contributed by atoms with E-state index < -0.39 is 12.8 Å². The lowest BCUT2D eigenvalue weighted by molar-refractivity contribution is -0.176. The highest BCUT2D eigenvalue weighted by molar-refractivity contribution is 14.0. The summed E-state index contributed by atoms with van der Waals surface area (Å²) in [5.74, 6) is 0.698. The molecule has 0 heterocycles. The summed E-state index contributed by atoms with van der Waals surface area (Å²) in [6.45, 7) is 9.86. The maximum Gasteiger partial charge on any atom is 0.411 e. The summed E-state index contributed by atoms with van der Waals surface area (Å²) in [5, 5.41) is 6.53. The Labute approximate surface area is 195 Å². The number of nitrogens with zero attached hydrogens (tertiary/aromatic N) is 2. The Bertz CT molecular complexity index is 617. The average Bonchev–Trinajstić information content (AvgIpc) is 2.62. The van der Waals surface area contributed by atoms with Gasteiger partial charge in [-0.15, -0.1) is 24.0 Å². The van der Waals surface area contributed by atoms with E-state index in [0.29, 0.717) is 30.2 Å². The summed E-state index contributed by atoms with van der Waals surface area (Å²) in [5.41, 5.74) is 1.66. The van der Waals surface area contributed by atoms with Crippen LogP contribution in [0.4, 0.5) is 13.2 Å². The molecule has 0 aliphatic heterocycles. The largest absolute Gasteiger partial charge is 0.411 e. The Kier molecular flexibility index (Phi) is 14.3. The van der Waals surface area contributed by atoms with Crippen LogP contribution in [0.5, 0.6) is 0 Å². The number of rotatable bonds is 11. The van der Waals surface area contributed by atoms with Crippen LogP contribution in [-0.4, -0.2) is 55.9 Å². The van der Waals surface area contributed by atoms with E-state index in [0.717, 1.165) is 25.1 Å². The topological polar surface area (TPSA) is 48.9 Å². The van der Waals surface area contributed by atoms with Crippen molar-refractivity contribution in [2.75, 3.05) is 26.7 Å². The lowest BCUT2D eigenvalue weighted by Crippen LogP contribution is -2.41. The van der Waals surface area contributed by atoms with Crippen molar-refractivity contribution >= 4 is 29.9 Å². The molecule has 1 rings (SSSR count). The summed E-state index contributed by atoms with van der Waals surface area (Å²) >= 11 is 0. The number of halogens is 4. The van der Waals surface area contributed by atoms with Crippen LogP contribution in [0.3, 0.4) is 0 Å². The minimum absolute atomic E-state index is 0. The maximum atomic E-state index is 12.2. The van der Waals surface area contributed by atoms with E-state index in [1.807, 2.05) is 18.2 Å². The molecule has 174 valence electrons. The molecule has 1 aromatic carbocycles. The molecule has 0 amide bonds. The number of aliphatic imine (C=N–C) groups is 1. The quantitative estimate of drug-likeness (QED) is 0.186. The Morgan fingerprint density at radius 2 is 1.73 bits per heavy atom. The molecule has 30 heavy (non-hydrogen) atoms. The highest BCUT2D eigenvalue weighted by Gasteiger charge is 2.27. The molecule has 0 aromatic heterocycles. The van der Waals surface area contributed by atoms with Crippen molar-refractivity contribution in [2.45, 2.75) is 65.5 Å². The van der Waals surface area contributed by atoms with Gasteiger partial charge in [0.2, 0.25) is 0 Å². The number of hydrogen-bond acceptors (Lipinski definition) is 3. The highest BCUT2D eigenvalue weighted by atomic mass is 127. The molecule has 5 nitrogen and oxygen atoms in total. The number of hydrogen-bond donors (Lipinski definition) is 2. The molecule has 0 radical (unpaired) electrons. The van der Waals surface area contributed by atoms with Gasteiger partial charge in [0.25, 0.3) is 0 Å². The van der Waals surface area contributed by atoms with E-state index in [4.69, 9.17) is 4.74 Å². The smallest absolute Gasteiger partial charge is 0.367 e. The summed E-state index contributed by atoms with van der Waals surface area (Å²) in [6.07, 6.45) is -3.30. The van der Waals surface area contributed by atoms with Crippen LogP contribution in [0.2, 0.25) is 0 Å². The van der Waals surface area contributed by atoms with Crippen molar-refractivity contribution in [3.8, 4) is 0 Å². The zero-order chi connectivity index (χ0) is 21.9. The lowest BCUT2D eigenvalue weighted by atomic mass is 10.1. The van der Waals surface area contributed by atoms with Crippen molar-refractivity contribution in [2.24, 2.45) is 4.99 Å². The molecule has 0 saturated carbocycles. The summed E-state index contributed by atoms with van der Waals surface area (Å²) in [6, 6.07) is 8.34. The predicted molar refractivity (Wildman–Crippen MR) is 127 cm³/mol. The van der Waals surface area contributed by atoms with Gasteiger partial charge in [0, 0.05) is 38.8 Å². The molecule has 2 N–H and O–H groups in total. The number of ether oxygens (including phenoxy) is 1. The third kappa shape index (κ3) is 12.6. The normalized spacial score (nSPS) is 12.4.